The van der Waals surface area contributed by atoms with Crippen LogP contribution in [-0.4, -0.2) is 38.3 Å². The third kappa shape index (κ3) is 3.57. The van der Waals surface area contributed by atoms with Gasteiger partial charge in [0, 0.05) is 13.1 Å². The Morgan fingerprint density at radius 3 is 3.08 bits per heavy atom. The molecule has 1 rings (SSSR count). The van der Waals surface area contributed by atoms with Gasteiger partial charge in [-0.2, -0.15) is 0 Å². The van der Waals surface area contributed by atoms with E-state index >= 15 is 0 Å². The van der Waals surface area contributed by atoms with Gasteiger partial charge in [-0.1, -0.05) is 12.2 Å². The van der Waals surface area contributed by atoms with Gasteiger partial charge >= 0.3 is 0 Å². The van der Waals surface area contributed by atoms with E-state index in [4.69, 9.17) is 4.74 Å². The van der Waals surface area contributed by atoms with Crippen LogP contribution in [0.25, 0.3) is 0 Å². The molecule has 1 amide bonds. The van der Waals surface area contributed by atoms with Crippen LogP contribution < -0.4 is 10.6 Å². The second-order valence-electron chi connectivity index (χ2n) is 3.26. The van der Waals surface area contributed by atoms with E-state index in [0.29, 0.717) is 19.8 Å². The zero-order valence-electron chi connectivity index (χ0n) is 7.93. The molecule has 0 aromatic rings. The van der Waals surface area contributed by atoms with Crippen LogP contribution in [0.4, 0.5) is 0 Å². The molecule has 13 heavy (non-hydrogen) atoms. The first-order valence-corrected chi connectivity index (χ1v) is 4.43. The van der Waals surface area contributed by atoms with Gasteiger partial charge in [0.05, 0.1) is 13.2 Å². The Kier molecular flexibility index (Phi) is 3.92. The monoisotopic (exact) mass is 184 g/mol. The van der Waals surface area contributed by atoms with E-state index in [2.05, 4.69) is 17.2 Å². The number of hydrogen-bond donors (Lipinski definition) is 2. The predicted octanol–water partition coefficient (Wildman–Crippen LogP) is -0.333. The molecule has 1 atom stereocenters. The second-order valence-corrected chi connectivity index (χ2v) is 3.26. The lowest BCUT2D eigenvalue weighted by molar-refractivity contribution is -0.125. The van der Waals surface area contributed by atoms with Gasteiger partial charge in [0.25, 0.3) is 0 Å². The highest BCUT2D eigenvalue weighted by Gasteiger charge is 2.20. The molecule has 1 heterocycles. The van der Waals surface area contributed by atoms with E-state index in [9.17, 15) is 4.79 Å². The quantitative estimate of drug-likeness (QED) is 0.590. The van der Waals surface area contributed by atoms with Gasteiger partial charge in [-0.25, -0.2) is 0 Å². The fraction of sp³-hybridized carbons (Fsp3) is 0.667. The minimum Gasteiger partial charge on any atom is -0.378 e. The molecule has 4 heteroatoms. The Bertz CT molecular complexity index is 198. The number of morpholine rings is 1. The molecule has 0 aromatic heterocycles. The Labute approximate surface area is 78.3 Å². The predicted molar refractivity (Wildman–Crippen MR) is 50.4 cm³/mol. The van der Waals surface area contributed by atoms with Crippen molar-refractivity contribution in [1.29, 1.82) is 0 Å². The van der Waals surface area contributed by atoms with Crippen LogP contribution in [0.1, 0.15) is 6.92 Å². The Morgan fingerprint density at radius 2 is 2.54 bits per heavy atom. The maximum Gasteiger partial charge on any atom is 0.239 e. The van der Waals surface area contributed by atoms with E-state index in [1.54, 1.807) is 0 Å². The second kappa shape index (κ2) is 4.99. The SMILES string of the molecule is C=C(C)CNC(=O)C1COCCN1. The number of hydrogen-bond acceptors (Lipinski definition) is 3. The van der Waals surface area contributed by atoms with Crippen LogP contribution in [0.3, 0.4) is 0 Å². The normalized spacial score (nSPS) is 22.4. The summed E-state index contributed by atoms with van der Waals surface area (Å²) in [6.45, 7) is 8.01. The smallest absolute Gasteiger partial charge is 0.239 e. The van der Waals surface area contributed by atoms with Crippen molar-refractivity contribution in [3.63, 3.8) is 0 Å². The average molecular weight is 184 g/mol. The average Bonchev–Trinajstić information content (AvgIpc) is 2.15. The van der Waals surface area contributed by atoms with Crippen LogP contribution in [0.2, 0.25) is 0 Å². The minimum absolute atomic E-state index is 0.0114. The number of carbonyl (C=O) groups excluding carboxylic acids is 1. The van der Waals surface area contributed by atoms with Crippen LogP contribution in [0.15, 0.2) is 12.2 Å². The van der Waals surface area contributed by atoms with Crippen molar-refractivity contribution >= 4 is 5.91 Å². The highest BCUT2D eigenvalue weighted by atomic mass is 16.5. The zero-order chi connectivity index (χ0) is 9.68. The lowest BCUT2D eigenvalue weighted by Crippen LogP contribution is -2.51. The topological polar surface area (TPSA) is 50.4 Å². The lowest BCUT2D eigenvalue weighted by atomic mass is 10.2. The molecule has 1 unspecified atom stereocenters. The molecule has 1 aliphatic rings. The van der Waals surface area contributed by atoms with E-state index in [1.165, 1.54) is 0 Å². The summed E-state index contributed by atoms with van der Waals surface area (Å²) < 4.78 is 5.16. The van der Waals surface area contributed by atoms with Gasteiger partial charge in [0.2, 0.25) is 5.91 Å². The Balaban J connectivity index is 2.25. The molecule has 1 fully saturated rings. The summed E-state index contributed by atoms with van der Waals surface area (Å²) in [5.41, 5.74) is 0.949. The van der Waals surface area contributed by atoms with Crippen molar-refractivity contribution in [3.8, 4) is 0 Å². The molecule has 0 bridgehead atoms. The molecule has 4 nitrogen and oxygen atoms in total. The van der Waals surface area contributed by atoms with Crippen molar-refractivity contribution in [1.82, 2.24) is 10.6 Å². The molecule has 0 spiro atoms. The van der Waals surface area contributed by atoms with Crippen LogP contribution in [0, 0.1) is 0 Å². The molecule has 2 N–H and O–H groups in total. The molecule has 1 saturated heterocycles. The summed E-state index contributed by atoms with van der Waals surface area (Å²) in [5, 5.41) is 5.85. The first-order chi connectivity index (χ1) is 6.20. The first-order valence-electron chi connectivity index (χ1n) is 4.43. The van der Waals surface area contributed by atoms with Gasteiger partial charge < -0.3 is 15.4 Å². The number of amides is 1. The molecule has 0 aromatic carbocycles. The lowest BCUT2D eigenvalue weighted by Gasteiger charge is -2.22. The molecular weight excluding hydrogens is 168 g/mol. The molecular formula is C9H16N2O2. The van der Waals surface area contributed by atoms with Crippen molar-refractivity contribution in [3.05, 3.63) is 12.2 Å². The summed E-state index contributed by atoms with van der Waals surface area (Å²) in [5.74, 6) is -0.0114. The zero-order valence-corrected chi connectivity index (χ0v) is 7.93. The Hall–Kier alpha value is -0.870. The van der Waals surface area contributed by atoms with Gasteiger partial charge in [0.15, 0.2) is 0 Å². The fourth-order valence-corrected chi connectivity index (χ4v) is 1.10. The minimum atomic E-state index is -0.201. The molecule has 0 saturated carbocycles. The van der Waals surface area contributed by atoms with Crippen LogP contribution in [0.5, 0.6) is 0 Å². The van der Waals surface area contributed by atoms with Crippen LogP contribution in [-0.2, 0) is 9.53 Å². The Morgan fingerprint density at radius 1 is 1.77 bits per heavy atom. The van der Waals surface area contributed by atoms with Crippen molar-refractivity contribution in [2.45, 2.75) is 13.0 Å². The summed E-state index contributed by atoms with van der Waals surface area (Å²) >= 11 is 0. The maximum atomic E-state index is 11.4. The summed E-state index contributed by atoms with van der Waals surface area (Å²) in [7, 11) is 0. The van der Waals surface area contributed by atoms with Crippen molar-refractivity contribution in [2.24, 2.45) is 0 Å². The van der Waals surface area contributed by atoms with Crippen molar-refractivity contribution in [2.75, 3.05) is 26.3 Å². The van der Waals surface area contributed by atoms with Gasteiger partial charge in [-0.3, -0.25) is 4.79 Å². The fourth-order valence-electron chi connectivity index (χ4n) is 1.10. The van der Waals surface area contributed by atoms with E-state index in [-0.39, 0.29) is 11.9 Å². The van der Waals surface area contributed by atoms with Gasteiger partial charge in [-0.05, 0) is 6.92 Å². The van der Waals surface area contributed by atoms with Crippen molar-refractivity contribution < 1.29 is 9.53 Å². The highest BCUT2D eigenvalue weighted by molar-refractivity contribution is 5.82. The van der Waals surface area contributed by atoms with Gasteiger partial charge in [-0.15, -0.1) is 0 Å². The van der Waals surface area contributed by atoms with Gasteiger partial charge in [0.1, 0.15) is 6.04 Å². The number of ether oxygens (including phenoxy) is 1. The number of carbonyl (C=O) groups is 1. The molecule has 1 aliphatic heterocycles. The summed E-state index contributed by atoms with van der Waals surface area (Å²) in [6, 6.07) is -0.201. The summed E-state index contributed by atoms with van der Waals surface area (Å²) in [4.78, 5) is 11.4. The van der Waals surface area contributed by atoms with E-state index in [1.807, 2.05) is 6.92 Å². The molecule has 74 valence electrons. The third-order valence-corrected chi connectivity index (χ3v) is 1.80. The largest absolute Gasteiger partial charge is 0.378 e. The number of nitrogens with one attached hydrogen (secondary N) is 2. The first kappa shape index (κ1) is 10.2. The van der Waals surface area contributed by atoms with E-state index < -0.39 is 0 Å². The summed E-state index contributed by atoms with van der Waals surface area (Å²) in [6.07, 6.45) is 0. The molecule has 0 aliphatic carbocycles. The van der Waals surface area contributed by atoms with E-state index in [0.717, 1.165) is 12.1 Å². The van der Waals surface area contributed by atoms with Crippen LogP contribution >= 0.6 is 0 Å². The third-order valence-electron chi connectivity index (χ3n) is 1.80. The maximum absolute atomic E-state index is 11.4. The standard InChI is InChI=1S/C9H16N2O2/c1-7(2)5-11-9(12)8-6-13-4-3-10-8/h8,10H,1,3-6H2,2H3,(H,11,12). The molecule has 0 radical (unpaired) electrons. The number of rotatable bonds is 3. The highest BCUT2D eigenvalue weighted by Crippen LogP contribution is 1.93.